The van der Waals surface area contributed by atoms with Crippen LogP contribution in [0.4, 0.5) is 0 Å². The molecule has 1 fully saturated rings. The zero-order valence-electron chi connectivity index (χ0n) is 11.6. The van der Waals surface area contributed by atoms with Crippen LogP contribution < -0.4 is 15.2 Å². The van der Waals surface area contributed by atoms with Crippen molar-refractivity contribution in [1.82, 2.24) is 4.90 Å². The summed E-state index contributed by atoms with van der Waals surface area (Å²) in [5, 5.41) is 0. The average Bonchev–Trinajstić information content (AvgIpc) is 2.76. The predicted molar refractivity (Wildman–Crippen MR) is 72.6 cm³/mol. The van der Waals surface area contributed by atoms with Crippen LogP contribution in [0.1, 0.15) is 17.3 Å². The number of benzene rings is 1. The molecule has 104 valence electrons. The summed E-state index contributed by atoms with van der Waals surface area (Å²) in [4.78, 5) is 14.3. The molecular formula is C14H20N2O3. The quantitative estimate of drug-likeness (QED) is 0.888. The normalized spacial score (nSPS) is 22.4. The Hall–Kier alpha value is -1.75. The Morgan fingerprint density at radius 2 is 2.05 bits per heavy atom. The number of amides is 1. The Labute approximate surface area is 113 Å². The molecule has 0 aliphatic carbocycles. The fourth-order valence-corrected chi connectivity index (χ4v) is 2.38. The number of carbonyl (C=O) groups is 1. The molecule has 2 atom stereocenters. The van der Waals surface area contributed by atoms with Crippen molar-refractivity contribution in [3.8, 4) is 11.5 Å². The van der Waals surface area contributed by atoms with Gasteiger partial charge in [0.25, 0.3) is 5.91 Å². The van der Waals surface area contributed by atoms with Gasteiger partial charge in [0, 0.05) is 19.1 Å². The first kappa shape index (κ1) is 13.7. The minimum Gasteiger partial charge on any atom is -0.493 e. The lowest BCUT2D eigenvalue weighted by Crippen LogP contribution is -2.32. The van der Waals surface area contributed by atoms with Crippen LogP contribution in [-0.4, -0.2) is 44.2 Å². The third-order valence-electron chi connectivity index (χ3n) is 3.59. The minimum atomic E-state index is -0.0597. The molecule has 0 aromatic heterocycles. The summed E-state index contributed by atoms with van der Waals surface area (Å²) in [5.74, 6) is 1.30. The van der Waals surface area contributed by atoms with Gasteiger partial charge in [-0.25, -0.2) is 0 Å². The first-order valence-electron chi connectivity index (χ1n) is 6.34. The van der Waals surface area contributed by atoms with Crippen LogP contribution in [0.2, 0.25) is 0 Å². The van der Waals surface area contributed by atoms with Gasteiger partial charge >= 0.3 is 0 Å². The average molecular weight is 264 g/mol. The molecule has 1 aromatic rings. The number of methoxy groups -OCH3 is 2. The van der Waals surface area contributed by atoms with Crippen LogP contribution in [0.3, 0.4) is 0 Å². The summed E-state index contributed by atoms with van der Waals surface area (Å²) in [5.41, 5.74) is 6.48. The number of para-hydroxylation sites is 1. The molecule has 2 rings (SSSR count). The van der Waals surface area contributed by atoms with Crippen LogP contribution in [0.5, 0.6) is 11.5 Å². The number of nitrogens with zero attached hydrogens (tertiary/aromatic N) is 1. The summed E-state index contributed by atoms with van der Waals surface area (Å²) in [7, 11) is 3.09. The highest BCUT2D eigenvalue weighted by molar-refractivity contribution is 5.98. The van der Waals surface area contributed by atoms with E-state index in [1.54, 1.807) is 30.2 Å². The van der Waals surface area contributed by atoms with Gasteiger partial charge in [0.2, 0.25) is 0 Å². The van der Waals surface area contributed by atoms with Crippen molar-refractivity contribution in [2.45, 2.75) is 13.0 Å². The molecule has 19 heavy (non-hydrogen) atoms. The molecule has 1 saturated heterocycles. The minimum absolute atomic E-state index is 0.0422. The van der Waals surface area contributed by atoms with E-state index in [0.29, 0.717) is 36.1 Å². The van der Waals surface area contributed by atoms with Crippen molar-refractivity contribution in [3.63, 3.8) is 0 Å². The maximum Gasteiger partial charge on any atom is 0.257 e. The zero-order chi connectivity index (χ0) is 14.0. The van der Waals surface area contributed by atoms with E-state index in [9.17, 15) is 4.79 Å². The lowest BCUT2D eigenvalue weighted by Gasteiger charge is -2.18. The fourth-order valence-electron chi connectivity index (χ4n) is 2.38. The highest BCUT2D eigenvalue weighted by Crippen LogP contribution is 2.32. The van der Waals surface area contributed by atoms with E-state index < -0.39 is 0 Å². The van der Waals surface area contributed by atoms with Crippen LogP contribution in [-0.2, 0) is 0 Å². The maximum absolute atomic E-state index is 12.5. The van der Waals surface area contributed by atoms with Gasteiger partial charge in [0.15, 0.2) is 11.5 Å². The molecule has 0 bridgehead atoms. The third-order valence-corrected chi connectivity index (χ3v) is 3.59. The van der Waals surface area contributed by atoms with Gasteiger partial charge in [-0.2, -0.15) is 0 Å². The van der Waals surface area contributed by atoms with Gasteiger partial charge in [0.1, 0.15) is 0 Å². The molecule has 5 heteroatoms. The highest BCUT2D eigenvalue weighted by atomic mass is 16.5. The van der Waals surface area contributed by atoms with Crippen molar-refractivity contribution in [3.05, 3.63) is 23.8 Å². The Morgan fingerprint density at radius 3 is 2.58 bits per heavy atom. The molecule has 1 amide bonds. The van der Waals surface area contributed by atoms with Crippen molar-refractivity contribution in [1.29, 1.82) is 0 Å². The number of nitrogens with two attached hydrogens (primary N) is 1. The van der Waals surface area contributed by atoms with E-state index in [1.165, 1.54) is 7.11 Å². The van der Waals surface area contributed by atoms with Crippen LogP contribution in [0.15, 0.2) is 18.2 Å². The second-order valence-corrected chi connectivity index (χ2v) is 4.89. The van der Waals surface area contributed by atoms with E-state index >= 15 is 0 Å². The first-order valence-corrected chi connectivity index (χ1v) is 6.34. The van der Waals surface area contributed by atoms with Gasteiger partial charge in [-0.1, -0.05) is 13.0 Å². The molecule has 0 spiro atoms. The number of rotatable bonds is 3. The Morgan fingerprint density at radius 1 is 1.32 bits per heavy atom. The van der Waals surface area contributed by atoms with E-state index in [2.05, 4.69) is 6.92 Å². The second-order valence-electron chi connectivity index (χ2n) is 4.89. The Kier molecular flexibility index (Phi) is 3.95. The number of hydrogen-bond acceptors (Lipinski definition) is 4. The maximum atomic E-state index is 12.5. The smallest absolute Gasteiger partial charge is 0.257 e. The summed E-state index contributed by atoms with van der Waals surface area (Å²) in [6.07, 6.45) is 0. The van der Waals surface area contributed by atoms with Crippen LogP contribution in [0, 0.1) is 5.92 Å². The summed E-state index contributed by atoms with van der Waals surface area (Å²) < 4.78 is 10.5. The molecule has 1 aliphatic rings. The van der Waals surface area contributed by atoms with Gasteiger partial charge < -0.3 is 20.1 Å². The SMILES string of the molecule is COc1cccc(C(=O)N2CC(C)C(N)C2)c1OC. The number of hydrogen-bond donors (Lipinski definition) is 1. The molecule has 2 unspecified atom stereocenters. The molecule has 2 N–H and O–H groups in total. The molecule has 1 heterocycles. The van der Waals surface area contributed by atoms with Crippen LogP contribution in [0.25, 0.3) is 0 Å². The largest absolute Gasteiger partial charge is 0.493 e. The predicted octanol–water partition coefficient (Wildman–Crippen LogP) is 1.12. The lowest BCUT2D eigenvalue weighted by molar-refractivity contribution is 0.0783. The molecule has 1 aromatic carbocycles. The lowest BCUT2D eigenvalue weighted by atomic mass is 10.1. The highest BCUT2D eigenvalue weighted by Gasteiger charge is 2.32. The summed E-state index contributed by atoms with van der Waals surface area (Å²) >= 11 is 0. The fraction of sp³-hybridized carbons (Fsp3) is 0.500. The van der Waals surface area contributed by atoms with E-state index in [0.717, 1.165) is 0 Å². The van der Waals surface area contributed by atoms with Gasteiger partial charge in [-0.05, 0) is 18.1 Å². The molecule has 1 aliphatic heterocycles. The molecule has 0 radical (unpaired) electrons. The monoisotopic (exact) mass is 264 g/mol. The van der Waals surface area contributed by atoms with E-state index in [4.69, 9.17) is 15.2 Å². The number of ether oxygens (including phenoxy) is 2. The number of likely N-dealkylation sites (tertiary alicyclic amines) is 1. The van der Waals surface area contributed by atoms with Gasteiger partial charge in [0.05, 0.1) is 19.8 Å². The second kappa shape index (κ2) is 5.48. The Balaban J connectivity index is 2.29. The number of carbonyl (C=O) groups excluding carboxylic acids is 1. The van der Waals surface area contributed by atoms with Crippen molar-refractivity contribution in [2.24, 2.45) is 11.7 Å². The standard InChI is InChI=1S/C14H20N2O3/c1-9-7-16(8-11(9)15)14(17)10-5-4-6-12(18-2)13(10)19-3/h4-6,9,11H,7-8,15H2,1-3H3. The van der Waals surface area contributed by atoms with Crippen LogP contribution >= 0.6 is 0 Å². The zero-order valence-corrected chi connectivity index (χ0v) is 11.6. The van der Waals surface area contributed by atoms with Crippen molar-refractivity contribution < 1.29 is 14.3 Å². The molecule has 0 saturated carbocycles. The molecular weight excluding hydrogens is 244 g/mol. The van der Waals surface area contributed by atoms with Crippen molar-refractivity contribution in [2.75, 3.05) is 27.3 Å². The van der Waals surface area contributed by atoms with E-state index in [1.807, 2.05) is 0 Å². The van der Waals surface area contributed by atoms with Gasteiger partial charge in [-0.3, -0.25) is 4.79 Å². The molecule has 5 nitrogen and oxygen atoms in total. The van der Waals surface area contributed by atoms with Gasteiger partial charge in [-0.15, -0.1) is 0 Å². The summed E-state index contributed by atoms with van der Waals surface area (Å²) in [6, 6.07) is 5.35. The first-order chi connectivity index (χ1) is 9.08. The topological polar surface area (TPSA) is 64.8 Å². The van der Waals surface area contributed by atoms with E-state index in [-0.39, 0.29) is 11.9 Å². The Bertz CT molecular complexity index is 466. The summed E-state index contributed by atoms with van der Waals surface area (Å²) in [6.45, 7) is 3.32. The van der Waals surface area contributed by atoms with Crippen molar-refractivity contribution >= 4 is 5.91 Å². The third kappa shape index (κ3) is 2.51.